The summed E-state index contributed by atoms with van der Waals surface area (Å²) in [6.45, 7) is 1.97. The molecular weight excluding hydrogens is 300 g/mol. The van der Waals surface area contributed by atoms with Gasteiger partial charge in [-0.05, 0) is 42.8 Å². The first-order chi connectivity index (χ1) is 10.5. The molecular formula is C16H15ClN4O. The number of rotatable bonds is 3. The number of nitrogens with zero attached hydrogens (tertiary/aromatic N) is 2. The van der Waals surface area contributed by atoms with Crippen molar-refractivity contribution in [1.29, 1.82) is 0 Å². The van der Waals surface area contributed by atoms with E-state index in [0.29, 0.717) is 16.4 Å². The van der Waals surface area contributed by atoms with Crippen molar-refractivity contribution in [3.8, 4) is 0 Å². The van der Waals surface area contributed by atoms with Gasteiger partial charge in [0.15, 0.2) is 0 Å². The van der Waals surface area contributed by atoms with Crippen LogP contribution in [0.15, 0.2) is 42.6 Å². The Morgan fingerprint density at radius 3 is 3.00 bits per heavy atom. The van der Waals surface area contributed by atoms with E-state index in [1.165, 1.54) is 0 Å². The molecule has 22 heavy (non-hydrogen) atoms. The van der Waals surface area contributed by atoms with Gasteiger partial charge in [0.05, 0.1) is 11.7 Å². The van der Waals surface area contributed by atoms with Crippen LogP contribution in [0.4, 0.5) is 11.4 Å². The van der Waals surface area contributed by atoms with Gasteiger partial charge in [-0.15, -0.1) is 0 Å². The summed E-state index contributed by atoms with van der Waals surface area (Å²) in [6, 6.07) is 10.9. The number of amides is 1. The van der Waals surface area contributed by atoms with Gasteiger partial charge >= 0.3 is 0 Å². The Morgan fingerprint density at radius 1 is 1.36 bits per heavy atom. The topological polar surface area (TPSA) is 72.9 Å². The van der Waals surface area contributed by atoms with E-state index in [4.69, 9.17) is 17.3 Å². The lowest BCUT2D eigenvalue weighted by Gasteiger charge is -2.10. The molecule has 1 amide bonds. The van der Waals surface area contributed by atoms with Gasteiger partial charge in [0.25, 0.3) is 0 Å². The normalized spacial score (nSPS) is 10.8. The van der Waals surface area contributed by atoms with Crippen molar-refractivity contribution in [3.05, 3.63) is 53.2 Å². The molecule has 0 aliphatic rings. The Kier molecular flexibility index (Phi) is 3.73. The number of carbonyl (C=O) groups excluding carboxylic acids is 1. The molecule has 6 heteroatoms. The molecule has 3 aromatic rings. The van der Waals surface area contributed by atoms with Crippen molar-refractivity contribution in [3.63, 3.8) is 0 Å². The lowest BCUT2D eigenvalue weighted by atomic mass is 10.2. The van der Waals surface area contributed by atoms with E-state index in [-0.39, 0.29) is 12.5 Å². The predicted molar refractivity (Wildman–Crippen MR) is 89.0 cm³/mol. The summed E-state index contributed by atoms with van der Waals surface area (Å²) in [4.78, 5) is 12.2. The number of anilines is 2. The smallest absolute Gasteiger partial charge is 0.246 e. The Hall–Kier alpha value is -2.53. The lowest BCUT2D eigenvalue weighted by molar-refractivity contribution is -0.116. The highest BCUT2D eigenvalue weighted by atomic mass is 35.5. The van der Waals surface area contributed by atoms with E-state index in [0.717, 1.165) is 16.5 Å². The molecule has 5 nitrogen and oxygen atoms in total. The third-order valence-corrected chi connectivity index (χ3v) is 3.91. The number of fused-ring (bicyclic) bond motifs is 1. The number of halogens is 1. The van der Waals surface area contributed by atoms with Crippen LogP contribution in [0.2, 0.25) is 5.02 Å². The third-order valence-electron chi connectivity index (χ3n) is 3.50. The standard InChI is InChI=1S/C16H15ClN4O/c1-10-13(17)3-2-4-14(10)20-16(22)9-21-15-7-12(18)6-5-11(15)8-19-21/h2-8H,9,18H2,1H3,(H,20,22). The van der Waals surface area contributed by atoms with Gasteiger partial charge in [-0.3, -0.25) is 9.48 Å². The van der Waals surface area contributed by atoms with Crippen LogP contribution in [0.25, 0.3) is 10.9 Å². The Balaban J connectivity index is 1.81. The largest absolute Gasteiger partial charge is 0.399 e. The van der Waals surface area contributed by atoms with Crippen LogP contribution in [0.5, 0.6) is 0 Å². The maximum Gasteiger partial charge on any atom is 0.246 e. The summed E-state index contributed by atoms with van der Waals surface area (Å²) in [6.07, 6.45) is 1.71. The van der Waals surface area contributed by atoms with Crippen LogP contribution >= 0.6 is 11.6 Å². The maximum absolute atomic E-state index is 12.2. The van der Waals surface area contributed by atoms with Crippen molar-refractivity contribution in [2.24, 2.45) is 0 Å². The van der Waals surface area contributed by atoms with Crippen molar-refractivity contribution in [1.82, 2.24) is 9.78 Å². The van der Waals surface area contributed by atoms with Gasteiger partial charge in [-0.1, -0.05) is 17.7 Å². The fourth-order valence-electron chi connectivity index (χ4n) is 2.28. The van der Waals surface area contributed by atoms with Gasteiger partial charge in [0.2, 0.25) is 5.91 Å². The molecule has 1 heterocycles. The van der Waals surface area contributed by atoms with Crippen molar-refractivity contribution < 1.29 is 4.79 Å². The molecule has 0 saturated heterocycles. The Morgan fingerprint density at radius 2 is 2.18 bits per heavy atom. The van der Waals surface area contributed by atoms with Gasteiger partial charge in [-0.2, -0.15) is 5.10 Å². The number of carbonyl (C=O) groups is 1. The van der Waals surface area contributed by atoms with Gasteiger partial charge < -0.3 is 11.1 Å². The van der Waals surface area contributed by atoms with Crippen LogP contribution in [0.3, 0.4) is 0 Å². The van der Waals surface area contributed by atoms with Crippen LogP contribution in [-0.2, 0) is 11.3 Å². The second-order valence-electron chi connectivity index (χ2n) is 5.08. The zero-order valence-electron chi connectivity index (χ0n) is 12.0. The summed E-state index contributed by atoms with van der Waals surface area (Å²) in [7, 11) is 0. The van der Waals surface area contributed by atoms with E-state index in [1.54, 1.807) is 29.1 Å². The van der Waals surface area contributed by atoms with Crippen molar-refractivity contribution in [2.45, 2.75) is 13.5 Å². The molecule has 0 aliphatic carbocycles. The van der Waals surface area contributed by atoms with Gasteiger partial charge in [0.1, 0.15) is 6.54 Å². The van der Waals surface area contributed by atoms with Crippen LogP contribution in [0.1, 0.15) is 5.56 Å². The third kappa shape index (κ3) is 2.76. The molecule has 3 rings (SSSR count). The number of hydrogen-bond donors (Lipinski definition) is 2. The fourth-order valence-corrected chi connectivity index (χ4v) is 2.46. The highest BCUT2D eigenvalue weighted by molar-refractivity contribution is 6.31. The number of benzene rings is 2. The zero-order chi connectivity index (χ0) is 15.7. The summed E-state index contributed by atoms with van der Waals surface area (Å²) in [5.74, 6) is -0.169. The van der Waals surface area contributed by atoms with Crippen LogP contribution in [-0.4, -0.2) is 15.7 Å². The number of nitrogen functional groups attached to an aromatic ring is 1. The summed E-state index contributed by atoms with van der Waals surface area (Å²) < 4.78 is 1.63. The monoisotopic (exact) mass is 314 g/mol. The first-order valence-corrected chi connectivity index (χ1v) is 7.18. The van der Waals surface area contributed by atoms with Gasteiger partial charge in [-0.25, -0.2) is 0 Å². The predicted octanol–water partition coefficient (Wildman–Crippen LogP) is 3.22. The second kappa shape index (κ2) is 5.69. The van der Waals surface area contributed by atoms with E-state index in [2.05, 4.69) is 10.4 Å². The van der Waals surface area contributed by atoms with Crippen molar-refractivity contribution in [2.75, 3.05) is 11.1 Å². The van der Waals surface area contributed by atoms with E-state index >= 15 is 0 Å². The maximum atomic E-state index is 12.2. The van der Waals surface area contributed by atoms with Crippen LogP contribution in [0, 0.1) is 6.92 Å². The molecule has 3 N–H and O–H groups in total. The molecule has 0 aliphatic heterocycles. The molecule has 0 radical (unpaired) electrons. The van der Waals surface area contributed by atoms with E-state index < -0.39 is 0 Å². The highest BCUT2D eigenvalue weighted by Gasteiger charge is 2.10. The minimum absolute atomic E-state index is 0.110. The minimum Gasteiger partial charge on any atom is -0.399 e. The van der Waals surface area contributed by atoms with Gasteiger partial charge in [0, 0.05) is 21.8 Å². The summed E-state index contributed by atoms with van der Waals surface area (Å²) >= 11 is 6.05. The SMILES string of the molecule is Cc1c(Cl)cccc1NC(=O)Cn1ncc2ccc(N)cc21. The molecule has 0 saturated carbocycles. The fraction of sp³-hybridized carbons (Fsp3) is 0.125. The number of nitrogens with two attached hydrogens (primary N) is 1. The average molecular weight is 315 g/mol. The molecule has 2 aromatic carbocycles. The summed E-state index contributed by atoms with van der Waals surface area (Å²) in [5.41, 5.74) is 8.80. The molecule has 1 aromatic heterocycles. The Bertz CT molecular complexity index is 856. The Labute approximate surface area is 132 Å². The quantitative estimate of drug-likeness (QED) is 0.729. The lowest BCUT2D eigenvalue weighted by Crippen LogP contribution is -2.20. The molecule has 0 fully saturated rings. The van der Waals surface area contributed by atoms with E-state index in [1.807, 2.05) is 25.1 Å². The molecule has 0 bridgehead atoms. The average Bonchev–Trinajstić information content (AvgIpc) is 2.86. The highest BCUT2D eigenvalue weighted by Crippen LogP contribution is 2.23. The number of aromatic nitrogens is 2. The minimum atomic E-state index is -0.169. The molecule has 112 valence electrons. The molecule has 0 spiro atoms. The van der Waals surface area contributed by atoms with Crippen LogP contribution < -0.4 is 11.1 Å². The number of hydrogen-bond acceptors (Lipinski definition) is 3. The molecule has 0 unspecified atom stereocenters. The first-order valence-electron chi connectivity index (χ1n) is 6.80. The second-order valence-corrected chi connectivity index (χ2v) is 5.49. The molecule has 0 atom stereocenters. The zero-order valence-corrected chi connectivity index (χ0v) is 12.8. The van der Waals surface area contributed by atoms with E-state index in [9.17, 15) is 4.79 Å². The first kappa shape index (κ1) is 14.4. The van der Waals surface area contributed by atoms with Crippen molar-refractivity contribution >= 4 is 39.8 Å². The number of nitrogens with one attached hydrogen (secondary N) is 1. The summed E-state index contributed by atoms with van der Waals surface area (Å²) in [5, 5.41) is 8.65.